The summed E-state index contributed by atoms with van der Waals surface area (Å²) in [6, 6.07) is 7.47. The summed E-state index contributed by atoms with van der Waals surface area (Å²) in [5.74, 6) is -1.68. The highest BCUT2D eigenvalue weighted by Crippen LogP contribution is 2.12. The van der Waals surface area contributed by atoms with E-state index >= 15 is 0 Å². The summed E-state index contributed by atoms with van der Waals surface area (Å²) < 4.78 is 5.25. The van der Waals surface area contributed by atoms with Gasteiger partial charge in [0.05, 0.1) is 6.04 Å². The lowest BCUT2D eigenvalue weighted by molar-refractivity contribution is -0.140. The lowest BCUT2D eigenvalue weighted by Crippen LogP contribution is -2.54. The van der Waals surface area contributed by atoms with Crippen molar-refractivity contribution in [2.45, 2.75) is 83.9 Å². The molecule has 33 heavy (non-hydrogen) atoms. The van der Waals surface area contributed by atoms with Crippen LogP contribution in [0.25, 0.3) is 0 Å². The number of benzene rings is 1. The molecule has 8 heteroatoms. The van der Waals surface area contributed by atoms with Gasteiger partial charge in [-0.15, -0.1) is 0 Å². The van der Waals surface area contributed by atoms with Crippen LogP contribution in [0.4, 0.5) is 4.79 Å². The molecule has 1 aliphatic heterocycles. The van der Waals surface area contributed by atoms with E-state index in [1.807, 2.05) is 44.2 Å². The molecule has 3 amide bonds. The molecule has 0 bridgehead atoms. The average molecular weight is 460 g/mol. The Bertz CT molecular complexity index is 782. The monoisotopic (exact) mass is 459 g/mol. The van der Waals surface area contributed by atoms with Crippen LogP contribution in [0.2, 0.25) is 0 Å². The van der Waals surface area contributed by atoms with Crippen LogP contribution in [-0.4, -0.2) is 42.3 Å². The molecule has 0 radical (unpaired) electrons. The summed E-state index contributed by atoms with van der Waals surface area (Å²) >= 11 is 0. The number of carbonyl (C=O) groups is 4. The van der Waals surface area contributed by atoms with Crippen LogP contribution < -0.4 is 16.0 Å². The molecule has 2 rings (SSSR count). The molecule has 3 N–H and O–H groups in total. The number of ketones is 1. The first kappa shape index (κ1) is 26.4. The van der Waals surface area contributed by atoms with Gasteiger partial charge in [0.25, 0.3) is 5.91 Å². The third kappa shape index (κ3) is 10.1. The molecule has 2 unspecified atom stereocenters. The van der Waals surface area contributed by atoms with Gasteiger partial charge in [-0.2, -0.15) is 0 Å². The molecular formula is C25H37N3O5. The van der Waals surface area contributed by atoms with E-state index in [4.69, 9.17) is 4.74 Å². The van der Waals surface area contributed by atoms with E-state index in [1.165, 1.54) is 0 Å². The Morgan fingerprint density at radius 1 is 1.03 bits per heavy atom. The zero-order chi connectivity index (χ0) is 24.1. The first-order valence-corrected chi connectivity index (χ1v) is 12.0. The van der Waals surface area contributed by atoms with Crippen molar-refractivity contribution in [1.82, 2.24) is 16.0 Å². The molecule has 0 spiro atoms. The third-order valence-corrected chi connectivity index (χ3v) is 5.59. The first-order chi connectivity index (χ1) is 15.9. The van der Waals surface area contributed by atoms with Crippen molar-refractivity contribution < 1.29 is 23.9 Å². The maximum absolute atomic E-state index is 13.0. The van der Waals surface area contributed by atoms with Crippen LogP contribution in [0.1, 0.15) is 70.8 Å². The molecule has 1 aromatic carbocycles. The van der Waals surface area contributed by atoms with Gasteiger partial charge < -0.3 is 20.7 Å². The Kier molecular flexibility index (Phi) is 11.4. The molecule has 0 aromatic heterocycles. The Labute approximate surface area is 196 Å². The van der Waals surface area contributed by atoms with Gasteiger partial charge in [-0.25, -0.2) is 4.79 Å². The number of hydrogen-bond acceptors (Lipinski definition) is 5. The van der Waals surface area contributed by atoms with E-state index in [1.54, 1.807) is 0 Å². The van der Waals surface area contributed by atoms with Crippen molar-refractivity contribution in [2.24, 2.45) is 5.92 Å². The molecular weight excluding hydrogens is 422 g/mol. The van der Waals surface area contributed by atoms with E-state index in [-0.39, 0.29) is 12.5 Å². The lowest BCUT2D eigenvalue weighted by atomic mass is 9.99. The van der Waals surface area contributed by atoms with Crippen molar-refractivity contribution in [2.75, 3.05) is 6.54 Å². The third-order valence-electron chi connectivity index (χ3n) is 5.59. The predicted molar refractivity (Wildman–Crippen MR) is 125 cm³/mol. The summed E-state index contributed by atoms with van der Waals surface area (Å²) in [6.45, 7) is 4.41. The van der Waals surface area contributed by atoms with Crippen LogP contribution in [-0.2, 0) is 25.7 Å². The van der Waals surface area contributed by atoms with Gasteiger partial charge in [0.2, 0.25) is 11.7 Å². The van der Waals surface area contributed by atoms with E-state index in [0.717, 1.165) is 44.1 Å². The van der Waals surface area contributed by atoms with Crippen molar-refractivity contribution in [3.63, 3.8) is 0 Å². The molecule has 0 aliphatic carbocycles. The molecule has 1 aromatic rings. The van der Waals surface area contributed by atoms with Crippen LogP contribution >= 0.6 is 0 Å². The highest BCUT2D eigenvalue weighted by molar-refractivity contribution is 6.38. The number of ether oxygens (including phenoxy) is 1. The van der Waals surface area contributed by atoms with E-state index in [9.17, 15) is 19.2 Å². The normalized spacial score (nSPS) is 18.9. The van der Waals surface area contributed by atoms with Crippen molar-refractivity contribution in [1.29, 1.82) is 0 Å². The van der Waals surface area contributed by atoms with Gasteiger partial charge in [0, 0.05) is 6.54 Å². The van der Waals surface area contributed by atoms with Crippen molar-refractivity contribution in [3.05, 3.63) is 35.9 Å². The molecule has 182 valence electrons. The van der Waals surface area contributed by atoms with Gasteiger partial charge >= 0.3 is 6.09 Å². The maximum Gasteiger partial charge on any atom is 0.408 e. The van der Waals surface area contributed by atoms with Gasteiger partial charge in [-0.1, -0.05) is 76.3 Å². The SMILES string of the molecule is CC(C)CC(NC(=O)OCc1ccccc1)C(=O)NC1CCCCCCCCNC(=O)C1=O. The molecule has 1 heterocycles. The van der Waals surface area contributed by atoms with Gasteiger partial charge in [-0.05, 0) is 30.7 Å². The molecule has 1 fully saturated rings. The number of hydrogen-bond donors (Lipinski definition) is 3. The fourth-order valence-electron chi connectivity index (χ4n) is 3.78. The van der Waals surface area contributed by atoms with Crippen LogP contribution in [0.15, 0.2) is 30.3 Å². The van der Waals surface area contributed by atoms with Crippen LogP contribution in [0.3, 0.4) is 0 Å². The van der Waals surface area contributed by atoms with Gasteiger partial charge in [0.15, 0.2) is 0 Å². The molecule has 2 atom stereocenters. The second-order valence-electron chi connectivity index (χ2n) is 8.98. The highest BCUT2D eigenvalue weighted by Gasteiger charge is 2.30. The summed E-state index contributed by atoms with van der Waals surface area (Å²) in [5.41, 5.74) is 0.836. The smallest absolute Gasteiger partial charge is 0.408 e. The Morgan fingerprint density at radius 3 is 2.39 bits per heavy atom. The first-order valence-electron chi connectivity index (χ1n) is 12.0. The quantitative estimate of drug-likeness (QED) is 0.542. The Morgan fingerprint density at radius 2 is 1.70 bits per heavy atom. The molecule has 8 nitrogen and oxygen atoms in total. The summed E-state index contributed by atoms with van der Waals surface area (Å²) in [6.07, 6.45) is 5.76. The van der Waals surface area contributed by atoms with E-state index < -0.39 is 35.8 Å². The minimum Gasteiger partial charge on any atom is -0.445 e. The largest absolute Gasteiger partial charge is 0.445 e. The number of amides is 3. The molecule has 1 aliphatic rings. The number of carbonyl (C=O) groups excluding carboxylic acids is 4. The number of rotatable bonds is 7. The summed E-state index contributed by atoms with van der Waals surface area (Å²) in [4.78, 5) is 50.3. The standard InChI is InChI=1S/C25H37N3O5/c1-18(2)16-21(28-25(32)33-17-19-12-8-7-9-13-19)23(30)27-20-14-10-5-3-4-6-11-15-26-24(31)22(20)29/h7-9,12-13,18,20-21H,3-6,10-11,14-17H2,1-2H3,(H,26,31)(H,27,30)(H,28,32). The topological polar surface area (TPSA) is 114 Å². The van der Waals surface area contributed by atoms with Crippen LogP contribution in [0, 0.1) is 5.92 Å². The lowest BCUT2D eigenvalue weighted by Gasteiger charge is -2.24. The highest BCUT2D eigenvalue weighted by atomic mass is 16.5. The van der Waals surface area contributed by atoms with Gasteiger partial charge in [0.1, 0.15) is 12.6 Å². The van der Waals surface area contributed by atoms with Crippen molar-refractivity contribution >= 4 is 23.7 Å². The maximum atomic E-state index is 13.0. The fourth-order valence-corrected chi connectivity index (χ4v) is 3.78. The molecule has 0 saturated carbocycles. The zero-order valence-electron chi connectivity index (χ0n) is 19.7. The van der Waals surface area contributed by atoms with Crippen molar-refractivity contribution in [3.8, 4) is 0 Å². The Hall–Kier alpha value is -2.90. The second-order valence-corrected chi connectivity index (χ2v) is 8.98. The van der Waals surface area contributed by atoms with Gasteiger partial charge in [-0.3, -0.25) is 14.4 Å². The predicted octanol–water partition coefficient (Wildman–Crippen LogP) is 3.24. The number of Topliss-reactive ketones (excluding diaryl/α,β-unsaturated/α-hetero) is 1. The number of nitrogens with one attached hydrogen (secondary N) is 3. The Balaban J connectivity index is 2.00. The second kappa shape index (κ2) is 14.3. The molecule has 1 saturated heterocycles. The van der Waals surface area contributed by atoms with E-state index in [2.05, 4.69) is 16.0 Å². The summed E-state index contributed by atoms with van der Waals surface area (Å²) in [5, 5.41) is 7.98. The summed E-state index contributed by atoms with van der Waals surface area (Å²) in [7, 11) is 0. The number of alkyl carbamates (subject to hydrolysis) is 1. The zero-order valence-corrected chi connectivity index (χ0v) is 19.7. The average Bonchev–Trinajstić information content (AvgIpc) is 2.79. The fraction of sp³-hybridized carbons (Fsp3) is 0.600. The minimum atomic E-state index is -0.909. The van der Waals surface area contributed by atoms with E-state index in [0.29, 0.717) is 19.4 Å². The minimum absolute atomic E-state index is 0.0873. The van der Waals surface area contributed by atoms with Crippen LogP contribution in [0.5, 0.6) is 0 Å².